The number of allylic oxidation sites excluding steroid dienone is 1. The lowest BCUT2D eigenvalue weighted by molar-refractivity contribution is 0.325. The van der Waals surface area contributed by atoms with Gasteiger partial charge in [-0.05, 0) is 38.7 Å². The Morgan fingerprint density at radius 3 is 2.58 bits per heavy atom. The van der Waals surface area contributed by atoms with E-state index in [1.54, 1.807) is 6.07 Å². The highest BCUT2D eigenvalue weighted by Crippen LogP contribution is 2.16. The standard InChI is InChI=1S/C13H18FNO.C2H6.H2O/c1-4-16-13-8-11(12(14)9-15-13)7-5-6-10(2)3;1-2;/h8-9H,2,4-7H2,1,3H3;1-2H3;1H2. The molecule has 4 heteroatoms. The van der Waals surface area contributed by atoms with Crippen LogP contribution in [-0.4, -0.2) is 17.1 Å². The fraction of sp³-hybridized carbons (Fsp3) is 0.533. The minimum Gasteiger partial charge on any atom is -0.478 e. The van der Waals surface area contributed by atoms with Crippen LogP contribution in [0, 0.1) is 5.82 Å². The molecule has 1 aromatic heterocycles. The normalized spacial score (nSPS) is 8.89. The number of nitrogens with zero attached hydrogens (tertiary/aromatic N) is 1. The molecule has 1 heterocycles. The summed E-state index contributed by atoms with van der Waals surface area (Å²) in [6.07, 6.45) is 3.75. The molecule has 0 atom stereocenters. The van der Waals surface area contributed by atoms with Gasteiger partial charge in [0.05, 0.1) is 12.8 Å². The van der Waals surface area contributed by atoms with E-state index in [1.165, 1.54) is 6.20 Å². The van der Waals surface area contributed by atoms with Gasteiger partial charge in [-0.3, -0.25) is 0 Å². The molecule has 0 spiro atoms. The predicted molar refractivity (Wildman–Crippen MR) is 78.1 cm³/mol. The largest absolute Gasteiger partial charge is 0.478 e. The third-order valence-corrected chi connectivity index (χ3v) is 2.25. The Hall–Kier alpha value is -1.42. The number of hydrogen-bond donors (Lipinski definition) is 0. The van der Waals surface area contributed by atoms with E-state index < -0.39 is 0 Å². The van der Waals surface area contributed by atoms with Gasteiger partial charge in [-0.1, -0.05) is 19.4 Å². The van der Waals surface area contributed by atoms with E-state index in [1.807, 2.05) is 27.7 Å². The lowest BCUT2D eigenvalue weighted by Gasteiger charge is -2.06. The second kappa shape index (κ2) is 11.7. The first-order chi connectivity index (χ1) is 8.63. The van der Waals surface area contributed by atoms with Crippen molar-refractivity contribution in [2.75, 3.05) is 6.61 Å². The van der Waals surface area contributed by atoms with Crippen LogP contribution in [0.2, 0.25) is 0 Å². The highest BCUT2D eigenvalue weighted by Gasteiger charge is 2.05. The van der Waals surface area contributed by atoms with Crippen molar-refractivity contribution in [3.63, 3.8) is 0 Å². The minimum atomic E-state index is -0.259. The first kappa shape index (κ1) is 19.9. The topological polar surface area (TPSA) is 53.6 Å². The molecule has 0 unspecified atom stereocenters. The molecule has 0 aliphatic rings. The summed E-state index contributed by atoms with van der Waals surface area (Å²) in [7, 11) is 0. The van der Waals surface area contributed by atoms with Crippen LogP contribution in [0.3, 0.4) is 0 Å². The van der Waals surface area contributed by atoms with E-state index in [0.29, 0.717) is 24.5 Å². The smallest absolute Gasteiger partial charge is 0.213 e. The molecular formula is C15H26FNO2. The lowest BCUT2D eigenvalue weighted by Crippen LogP contribution is -1.98. The van der Waals surface area contributed by atoms with Crippen molar-refractivity contribution in [2.24, 2.45) is 0 Å². The third kappa shape index (κ3) is 8.32. The van der Waals surface area contributed by atoms with Gasteiger partial charge in [-0.2, -0.15) is 0 Å². The van der Waals surface area contributed by atoms with Crippen LogP contribution in [-0.2, 0) is 6.42 Å². The molecule has 1 aromatic rings. The summed E-state index contributed by atoms with van der Waals surface area (Å²) in [6.45, 7) is 12.2. The molecule has 0 bridgehead atoms. The van der Waals surface area contributed by atoms with Gasteiger partial charge in [-0.25, -0.2) is 9.37 Å². The summed E-state index contributed by atoms with van der Waals surface area (Å²) >= 11 is 0. The number of hydrogen-bond acceptors (Lipinski definition) is 2. The summed E-state index contributed by atoms with van der Waals surface area (Å²) in [4.78, 5) is 3.86. The molecule has 19 heavy (non-hydrogen) atoms. The van der Waals surface area contributed by atoms with Gasteiger partial charge >= 0.3 is 0 Å². The van der Waals surface area contributed by atoms with Gasteiger partial charge in [0.25, 0.3) is 0 Å². The average molecular weight is 271 g/mol. The Bertz CT molecular complexity index is 367. The number of halogens is 1. The molecule has 0 radical (unpaired) electrons. The SMILES string of the molecule is C=C(C)CCCc1cc(OCC)ncc1F.CC.O. The van der Waals surface area contributed by atoms with Crippen molar-refractivity contribution in [1.29, 1.82) is 0 Å². The summed E-state index contributed by atoms with van der Waals surface area (Å²) in [5, 5.41) is 0. The summed E-state index contributed by atoms with van der Waals surface area (Å²) in [5.41, 5.74) is 1.79. The van der Waals surface area contributed by atoms with E-state index in [0.717, 1.165) is 18.4 Å². The van der Waals surface area contributed by atoms with Crippen molar-refractivity contribution < 1.29 is 14.6 Å². The molecule has 0 aromatic carbocycles. The molecule has 0 amide bonds. The van der Waals surface area contributed by atoms with Gasteiger partial charge < -0.3 is 10.2 Å². The molecular weight excluding hydrogens is 245 g/mol. The molecule has 3 nitrogen and oxygen atoms in total. The Kier molecular flexibility index (Phi) is 12.2. The van der Waals surface area contributed by atoms with E-state index in [9.17, 15) is 4.39 Å². The lowest BCUT2D eigenvalue weighted by atomic mass is 10.1. The molecule has 2 N–H and O–H groups in total. The second-order valence-corrected chi connectivity index (χ2v) is 3.86. The quantitative estimate of drug-likeness (QED) is 0.740. The molecule has 0 saturated heterocycles. The highest BCUT2D eigenvalue weighted by atomic mass is 19.1. The predicted octanol–water partition coefficient (Wildman–Crippen LogP) is 3.72. The molecule has 0 fully saturated rings. The first-order valence-electron chi connectivity index (χ1n) is 6.55. The van der Waals surface area contributed by atoms with Crippen molar-refractivity contribution in [2.45, 2.75) is 47.0 Å². The zero-order chi connectivity index (χ0) is 14.0. The van der Waals surface area contributed by atoms with Gasteiger partial charge in [0, 0.05) is 6.07 Å². The average Bonchev–Trinajstić information content (AvgIpc) is 2.35. The van der Waals surface area contributed by atoms with Crippen LogP contribution < -0.4 is 4.74 Å². The number of rotatable bonds is 6. The summed E-state index contributed by atoms with van der Waals surface area (Å²) in [5.74, 6) is 0.236. The highest BCUT2D eigenvalue weighted by molar-refractivity contribution is 5.22. The van der Waals surface area contributed by atoms with Crippen LogP contribution in [0.15, 0.2) is 24.4 Å². The summed E-state index contributed by atoms with van der Waals surface area (Å²) in [6, 6.07) is 1.68. The monoisotopic (exact) mass is 271 g/mol. The van der Waals surface area contributed by atoms with Crippen molar-refractivity contribution in [3.05, 3.63) is 35.8 Å². The fourth-order valence-corrected chi connectivity index (χ4v) is 1.46. The molecule has 1 rings (SSSR count). The van der Waals surface area contributed by atoms with Gasteiger partial charge in [0.15, 0.2) is 0 Å². The first-order valence-corrected chi connectivity index (χ1v) is 6.55. The third-order valence-electron chi connectivity index (χ3n) is 2.25. The maximum atomic E-state index is 13.4. The van der Waals surface area contributed by atoms with Crippen LogP contribution >= 0.6 is 0 Å². The summed E-state index contributed by atoms with van der Waals surface area (Å²) < 4.78 is 18.6. The number of ether oxygens (including phenoxy) is 1. The number of aryl methyl sites for hydroxylation is 1. The number of aromatic nitrogens is 1. The van der Waals surface area contributed by atoms with Crippen LogP contribution in [0.1, 0.15) is 46.1 Å². The van der Waals surface area contributed by atoms with Gasteiger partial charge in [-0.15, -0.1) is 6.58 Å². The fourth-order valence-electron chi connectivity index (χ4n) is 1.46. The van der Waals surface area contributed by atoms with E-state index in [2.05, 4.69) is 11.6 Å². The zero-order valence-corrected chi connectivity index (χ0v) is 12.4. The second-order valence-electron chi connectivity index (χ2n) is 3.86. The maximum absolute atomic E-state index is 13.4. The molecule has 0 saturated carbocycles. The molecule has 0 aliphatic carbocycles. The minimum absolute atomic E-state index is 0. The van der Waals surface area contributed by atoms with E-state index >= 15 is 0 Å². The molecule has 0 aliphatic heterocycles. The Morgan fingerprint density at radius 1 is 1.42 bits per heavy atom. The van der Waals surface area contributed by atoms with Crippen LogP contribution in [0.5, 0.6) is 5.88 Å². The van der Waals surface area contributed by atoms with Crippen molar-refractivity contribution in [1.82, 2.24) is 4.98 Å². The van der Waals surface area contributed by atoms with Crippen LogP contribution in [0.4, 0.5) is 4.39 Å². The van der Waals surface area contributed by atoms with E-state index in [4.69, 9.17) is 4.74 Å². The van der Waals surface area contributed by atoms with Crippen LogP contribution in [0.25, 0.3) is 0 Å². The Labute approximate surface area is 115 Å². The Morgan fingerprint density at radius 2 is 2.05 bits per heavy atom. The van der Waals surface area contributed by atoms with Crippen molar-refractivity contribution in [3.8, 4) is 5.88 Å². The maximum Gasteiger partial charge on any atom is 0.213 e. The van der Waals surface area contributed by atoms with E-state index in [-0.39, 0.29) is 11.3 Å². The molecule has 110 valence electrons. The van der Waals surface area contributed by atoms with Gasteiger partial charge in [0.1, 0.15) is 5.82 Å². The van der Waals surface area contributed by atoms with Crippen molar-refractivity contribution >= 4 is 0 Å². The van der Waals surface area contributed by atoms with Gasteiger partial charge in [0.2, 0.25) is 5.88 Å². The Balaban J connectivity index is 0. The zero-order valence-electron chi connectivity index (χ0n) is 12.4. The number of pyridine rings is 1.